The minimum absolute atomic E-state index is 0.358. The maximum absolute atomic E-state index is 5.56. The molecule has 192 valence electrons. The van der Waals surface area contributed by atoms with Gasteiger partial charge in [0.25, 0.3) is 23.3 Å². The largest absolute Gasteiger partial charge is 0.404 e. The van der Waals surface area contributed by atoms with Crippen molar-refractivity contribution in [2.45, 2.75) is 31.6 Å². The van der Waals surface area contributed by atoms with E-state index in [1.54, 1.807) is 0 Å². The summed E-state index contributed by atoms with van der Waals surface area (Å²) in [5, 5.41) is 4.56. The number of fused-ring (bicyclic) bond motifs is 12. The monoisotopic (exact) mass is 530 g/mol. The molecule has 0 radical (unpaired) electrons. The SMILES string of the molecule is c1ccc2c(c1)C1=Nc3c4ccccc4c4n3C35n6c(c7ccccc7c6=NC6=[N+]3C(=N4)C3CCCCC63)=NC2=[N+]15. The molecule has 0 bridgehead atoms. The van der Waals surface area contributed by atoms with Gasteiger partial charge in [0.1, 0.15) is 0 Å². The van der Waals surface area contributed by atoms with E-state index in [9.17, 15) is 0 Å². The molecule has 1 fully saturated rings. The van der Waals surface area contributed by atoms with Crippen LogP contribution < -0.4 is 11.0 Å². The lowest BCUT2D eigenvalue weighted by atomic mass is 9.80. The Hall–Kier alpha value is -4.98. The van der Waals surface area contributed by atoms with Crippen LogP contribution in [-0.4, -0.2) is 41.6 Å². The zero-order valence-corrected chi connectivity index (χ0v) is 22.0. The van der Waals surface area contributed by atoms with Gasteiger partial charge in [0.15, 0.2) is 0 Å². The third kappa shape index (κ3) is 1.87. The summed E-state index contributed by atoms with van der Waals surface area (Å²) in [5.41, 5.74) is 4.19. The van der Waals surface area contributed by atoms with E-state index in [0.29, 0.717) is 11.8 Å². The highest BCUT2D eigenvalue weighted by atomic mass is 15.7. The molecule has 3 unspecified atom stereocenters. The van der Waals surface area contributed by atoms with E-state index in [2.05, 4.69) is 91.1 Å². The fourth-order valence-electron chi connectivity index (χ4n) is 8.95. The highest BCUT2D eigenvalue weighted by Gasteiger charge is 2.71. The number of aliphatic imine (C=N–C) groups is 2. The summed E-state index contributed by atoms with van der Waals surface area (Å²) in [6.45, 7) is 0. The first-order valence-corrected chi connectivity index (χ1v) is 14.7. The molecule has 12 rings (SSSR count). The van der Waals surface area contributed by atoms with E-state index in [1.165, 1.54) is 12.8 Å². The van der Waals surface area contributed by atoms with Crippen LogP contribution in [0.1, 0.15) is 36.8 Å². The Bertz CT molecular complexity index is 2450. The van der Waals surface area contributed by atoms with Gasteiger partial charge in [-0.1, -0.05) is 69.2 Å². The van der Waals surface area contributed by atoms with Crippen molar-refractivity contribution >= 4 is 56.5 Å². The van der Waals surface area contributed by atoms with Crippen LogP contribution >= 0.6 is 0 Å². The normalized spacial score (nSPS) is 26.7. The smallest absolute Gasteiger partial charge is 0.192 e. The van der Waals surface area contributed by atoms with Crippen LogP contribution in [0.25, 0.3) is 21.5 Å². The fourth-order valence-corrected chi connectivity index (χ4v) is 8.95. The highest BCUT2D eigenvalue weighted by Crippen LogP contribution is 2.54. The van der Waals surface area contributed by atoms with Gasteiger partial charge >= 0.3 is 5.91 Å². The van der Waals surface area contributed by atoms with Gasteiger partial charge in [0.05, 0.1) is 23.0 Å². The van der Waals surface area contributed by atoms with Crippen LogP contribution in [0.15, 0.2) is 92.8 Å². The van der Waals surface area contributed by atoms with Gasteiger partial charge in [0, 0.05) is 21.5 Å². The Labute approximate surface area is 233 Å². The van der Waals surface area contributed by atoms with Crippen LogP contribution in [0, 0.1) is 11.8 Å². The second-order valence-electron chi connectivity index (χ2n) is 12.2. The van der Waals surface area contributed by atoms with E-state index in [4.69, 9.17) is 20.0 Å². The van der Waals surface area contributed by atoms with Crippen molar-refractivity contribution in [1.29, 1.82) is 0 Å². The van der Waals surface area contributed by atoms with E-state index in [-0.39, 0.29) is 0 Å². The van der Waals surface area contributed by atoms with E-state index in [1.807, 2.05) is 0 Å². The summed E-state index contributed by atoms with van der Waals surface area (Å²) in [7, 11) is 0. The number of aromatic nitrogens is 2. The lowest BCUT2D eigenvalue weighted by molar-refractivity contribution is -0.791. The standard InChI is InChI=1S/C33H22N8/c1-2-10-18-17(9-1)25-34-27-19-11-3-4-12-20(19)29-36-31-23-15-7-8-16-24(23)32-37-30-22-14-6-5-13-21(22)28-35-26(18)38(25)33(39(27)29,40(28)30)41(31)32/h1-6,9-14,23-24H,7-8,15-16H2/q+2. The molecule has 1 saturated carbocycles. The second kappa shape index (κ2) is 6.17. The van der Waals surface area contributed by atoms with E-state index in [0.717, 1.165) is 91.5 Å². The van der Waals surface area contributed by atoms with Crippen molar-refractivity contribution in [3.8, 4) is 0 Å². The number of amidine groups is 4. The van der Waals surface area contributed by atoms with Crippen molar-refractivity contribution < 1.29 is 9.15 Å². The Morgan fingerprint density at radius 3 is 2.02 bits per heavy atom. The molecule has 5 aromatic rings. The Morgan fingerprint density at radius 1 is 0.610 bits per heavy atom. The van der Waals surface area contributed by atoms with Gasteiger partial charge < -0.3 is 0 Å². The molecule has 8 heterocycles. The minimum atomic E-state index is -0.813. The molecular formula is C33H22N8+2. The summed E-state index contributed by atoms with van der Waals surface area (Å²) < 4.78 is 9.73. The van der Waals surface area contributed by atoms with Crippen molar-refractivity contribution in [3.05, 3.63) is 94.9 Å². The van der Waals surface area contributed by atoms with E-state index >= 15 is 0 Å². The molecule has 0 saturated heterocycles. The van der Waals surface area contributed by atoms with Crippen LogP contribution in [0.4, 0.5) is 11.6 Å². The molecule has 3 atom stereocenters. The average molecular weight is 531 g/mol. The minimum Gasteiger partial charge on any atom is -0.192 e. The Balaban J connectivity index is 1.42. The first-order valence-electron chi connectivity index (χ1n) is 14.7. The van der Waals surface area contributed by atoms with Crippen molar-refractivity contribution in [2.75, 3.05) is 0 Å². The first kappa shape index (κ1) is 20.0. The summed E-state index contributed by atoms with van der Waals surface area (Å²) in [5.74, 6) is 6.06. The van der Waals surface area contributed by atoms with Crippen LogP contribution in [0.2, 0.25) is 0 Å². The van der Waals surface area contributed by atoms with Gasteiger partial charge in [-0.05, 0) is 49.2 Å². The maximum atomic E-state index is 5.56. The molecule has 8 nitrogen and oxygen atoms in total. The predicted octanol–water partition coefficient (Wildman–Crippen LogP) is 4.12. The molecule has 1 aliphatic carbocycles. The molecule has 3 aromatic carbocycles. The number of hydrogen-bond donors (Lipinski definition) is 0. The molecule has 1 spiro atoms. The summed E-state index contributed by atoms with van der Waals surface area (Å²) >= 11 is 0. The number of benzene rings is 3. The first-order chi connectivity index (χ1) is 20.4. The molecule has 0 amide bonds. The zero-order chi connectivity index (χ0) is 26.2. The Kier molecular flexibility index (Phi) is 3.01. The van der Waals surface area contributed by atoms with Crippen LogP contribution in [-0.2, 0) is 5.91 Å². The van der Waals surface area contributed by atoms with Crippen molar-refractivity contribution in [2.24, 2.45) is 31.8 Å². The summed E-state index contributed by atoms with van der Waals surface area (Å²) in [4.78, 5) is 22.0. The van der Waals surface area contributed by atoms with E-state index < -0.39 is 5.91 Å². The number of rotatable bonds is 0. The number of hydrogen-bond acceptors (Lipinski definition) is 4. The maximum Gasteiger partial charge on any atom is 0.404 e. The molecule has 0 N–H and O–H groups in total. The molecule has 41 heavy (non-hydrogen) atoms. The average Bonchev–Trinajstić information content (AvgIpc) is 3.74. The molecule has 6 aliphatic heterocycles. The van der Waals surface area contributed by atoms with Gasteiger partial charge in [-0.15, -0.1) is 4.58 Å². The third-order valence-electron chi connectivity index (χ3n) is 10.4. The van der Waals surface area contributed by atoms with Crippen LogP contribution in [0.5, 0.6) is 0 Å². The molecule has 8 heteroatoms. The Morgan fingerprint density at radius 2 is 1.24 bits per heavy atom. The van der Waals surface area contributed by atoms with Gasteiger partial charge in [-0.3, -0.25) is 0 Å². The quantitative estimate of drug-likeness (QED) is 0.271. The van der Waals surface area contributed by atoms with Gasteiger partial charge in [0.2, 0.25) is 22.6 Å². The van der Waals surface area contributed by atoms with Gasteiger partial charge in [-0.2, -0.15) is 13.7 Å². The van der Waals surface area contributed by atoms with Crippen molar-refractivity contribution in [1.82, 2.24) is 9.13 Å². The fraction of sp³-hybridized carbons (Fsp3) is 0.212. The van der Waals surface area contributed by atoms with Gasteiger partial charge in [-0.25, -0.2) is 0 Å². The second-order valence-corrected chi connectivity index (χ2v) is 12.2. The van der Waals surface area contributed by atoms with Crippen LogP contribution in [0.3, 0.4) is 0 Å². The molecule has 7 aliphatic rings. The predicted molar refractivity (Wildman–Crippen MR) is 154 cm³/mol. The third-order valence-corrected chi connectivity index (χ3v) is 10.4. The number of nitrogens with zero attached hydrogens (tertiary/aromatic N) is 8. The molecule has 2 aromatic heterocycles. The lowest BCUT2D eigenvalue weighted by Gasteiger charge is -2.40. The summed E-state index contributed by atoms with van der Waals surface area (Å²) in [6.07, 6.45) is 4.75. The zero-order valence-electron chi connectivity index (χ0n) is 22.0. The summed E-state index contributed by atoms with van der Waals surface area (Å²) in [6, 6.07) is 25.9. The highest BCUT2D eigenvalue weighted by molar-refractivity contribution is 6.17. The lowest BCUT2D eigenvalue weighted by Crippen LogP contribution is -2.71. The van der Waals surface area contributed by atoms with Crippen molar-refractivity contribution in [3.63, 3.8) is 0 Å². The topological polar surface area (TPSA) is 65.3 Å². The molecular weight excluding hydrogens is 508 g/mol.